The highest BCUT2D eigenvalue weighted by Gasteiger charge is 2.06. The monoisotopic (exact) mass is 274 g/mol. The molecule has 0 bridgehead atoms. The van der Waals surface area contributed by atoms with Gasteiger partial charge in [-0.25, -0.2) is 4.98 Å². The molecule has 0 spiro atoms. The first-order valence-electron chi connectivity index (χ1n) is 6.06. The van der Waals surface area contributed by atoms with E-state index in [0.717, 1.165) is 5.56 Å². The number of hydrogen-bond acceptors (Lipinski definition) is 5. The summed E-state index contributed by atoms with van der Waals surface area (Å²) < 4.78 is 0. The quantitative estimate of drug-likeness (QED) is 0.666. The Labute approximate surface area is 117 Å². The molecule has 4 nitrogen and oxygen atoms in total. The van der Waals surface area contributed by atoms with Gasteiger partial charge in [-0.05, 0) is 49.9 Å². The third kappa shape index (κ3) is 2.93. The number of anilines is 2. The van der Waals surface area contributed by atoms with Gasteiger partial charge in [0.15, 0.2) is 0 Å². The van der Waals surface area contributed by atoms with Gasteiger partial charge in [-0.3, -0.25) is 5.43 Å². The van der Waals surface area contributed by atoms with Crippen LogP contribution in [0.2, 0.25) is 0 Å². The lowest BCUT2D eigenvalue weighted by molar-refractivity contribution is 1.22. The van der Waals surface area contributed by atoms with E-state index in [-0.39, 0.29) is 0 Å². The third-order valence-electron chi connectivity index (χ3n) is 3.30. The molecule has 1 heterocycles. The van der Waals surface area contributed by atoms with E-state index in [1.807, 2.05) is 6.21 Å². The Balaban J connectivity index is 2.23. The number of rotatable bonds is 3. The van der Waals surface area contributed by atoms with E-state index in [0.29, 0.717) is 10.9 Å². The van der Waals surface area contributed by atoms with Gasteiger partial charge in [-0.1, -0.05) is 6.07 Å². The summed E-state index contributed by atoms with van der Waals surface area (Å²) in [6.45, 7) is 8.47. The number of hydrazone groups is 1. The molecule has 5 heteroatoms. The van der Waals surface area contributed by atoms with Crippen LogP contribution in [0.5, 0.6) is 0 Å². The van der Waals surface area contributed by atoms with E-state index in [2.05, 4.69) is 49.3 Å². The van der Waals surface area contributed by atoms with Crippen LogP contribution in [0, 0.1) is 27.7 Å². The van der Waals surface area contributed by atoms with Crippen LogP contribution < -0.4 is 11.2 Å². The van der Waals surface area contributed by atoms with Crippen molar-refractivity contribution in [2.24, 2.45) is 5.10 Å². The number of hydrogen-bond donors (Lipinski definition) is 2. The molecule has 0 aliphatic heterocycles. The predicted octanol–water partition coefficient (Wildman–Crippen LogP) is 3.40. The van der Waals surface area contributed by atoms with Crippen LogP contribution in [0.3, 0.4) is 0 Å². The summed E-state index contributed by atoms with van der Waals surface area (Å²) in [4.78, 5) is 4.09. The Hall–Kier alpha value is -1.88. The van der Waals surface area contributed by atoms with Crippen molar-refractivity contribution in [2.75, 3.05) is 11.2 Å². The highest BCUT2D eigenvalue weighted by atomic mass is 32.1. The number of nitrogens with one attached hydrogen (secondary N) is 1. The third-order valence-corrected chi connectivity index (χ3v) is 4.07. The smallest absolute Gasteiger partial charge is 0.205 e. The molecular formula is C14H18N4S. The van der Waals surface area contributed by atoms with Crippen LogP contribution in [-0.4, -0.2) is 11.2 Å². The van der Waals surface area contributed by atoms with Crippen molar-refractivity contribution in [1.82, 2.24) is 4.98 Å². The lowest BCUT2D eigenvalue weighted by atomic mass is 9.95. The zero-order chi connectivity index (χ0) is 14.0. The van der Waals surface area contributed by atoms with Gasteiger partial charge in [0.05, 0.1) is 6.21 Å². The van der Waals surface area contributed by atoms with E-state index in [9.17, 15) is 0 Å². The summed E-state index contributed by atoms with van der Waals surface area (Å²) in [5.74, 6) is 0.515. The van der Waals surface area contributed by atoms with Crippen molar-refractivity contribution in [2.45, 2.75) is 27.7 Å². The Morgan fingerprint density at radius 1 is 1.21 bits per heavy atom. The number of benzene rings is 1. The molecule has 1 aromatic carbocycles. The van der Waals surface area contributed by atoms with E-state index in [1.165, 1.54) is 33.6 Å². The number of nitrogens with zero attached hydrogens (tertiary/aromatic N) is 2. The molecule has 1 aromatic heterocycles. The molecule has 2 aromatic rings. The standard InChI is InChI=1S/C14H18N4S/c1-8-5-9(2)11(4)12(10(8)3)6-16-18-14-17-13(15)7-19-14/h5-7H,15H2,1-4H3,(H,17,18). The average Bonchev–Trinajstić information content (AvgIpc) is 2.77. The van der Waals surface area contributed by atoms with Crippen molar-refractivity contribution >= 4 is 28.5 Å². The normalized spacial score (nSPS) is 11.2. The highest BCUT2D eigenvalue weighted by Crippen LogP contribution is 2.20. The number of thiazole rings is 1. The van der Waals surface area contributed by atoms with Crippen LogP contribution >= 0.6 is 11.3 Å². The lowest BCUT2D eigenvalue weighted by Gasteiger charge is -2.11. The molecular weight excluding hydrogens is 256 g/mol. The van der Waals surface area contributed by atoms with Crippen molar-refractivity contribution in [3.63, 3.8) is 0 Å². The van der Waals surface area contributed by atoms with E-state index in [4.69, 9.17) is 5.73 Å². The molecule has 0 fully saturated rings. The van der Waals surface area contributed by atoms with Gasteiger partial charge in [0.2, 0.25) is 5.13 Å². The molecule has 19 heavy (non-hydrogen) atoms. The van der Waals surface area contributed by atoms with Crippen LogP contribution in [-0.2, 0) is 0 Å². The molecule has 0 atom stereocenters. The van der Waals surface area contributed by atoms with Crippen molar-refractivity contribution in [1.29, 1.82) is 0 Å². The van der Waals surface area contributed by atoms with Crippen LogP contribution in [0.15, 0.2) is 16.5 Å². The summed E-state index contributed by atoms with van der Waals surface area (Å²) in [6, 6.07) is 2.21. The molecule has 2 rings (SSSR count). The first kappa shape index (κ1) is 13.5. The lowest BCUT2D eigenvalue weighted by Crippen LogP contribution is -2.00. The van der Waals surface area contributed by atoms with Gasteiger partial charge in [0.1, 0.15) is 5.82 Å². The summed E-state index contributed by atoms with van der Waals surface area (Å²) in [5, 5.41) is 6.73. The molecule has 0 saturated heterocycles. The first-order valence-corrected chi connectivity index (χ1v) is 6.94. The maximum atomic E-state index is 5.56. The van der Waals surface area contributed by atoms with Crippen LogP contribution in [0.1, 0.15) is 27.8 Å². The molecule has 0 aliphatic carbocycles. The first-order chi connectivity index (χ1) is 8.99. The number of aryl methyl sites for hydroxylation is 2. The molecule has 3 N–H and O–H groups in total. The van der Waals surface area contributed by atoms with Crippen molar-refractivity contribution in [3.05, 3.63) is 39.3 Å². The minimum absolute atomic E-state index is 0.515. The van der Waals surface area contributed by atoms with E-state index < -0.39 is 0 Å². The summed E-state index contributed by atoms with van der Waals surface area (Å²) >= 11 is 1.44. The second-order valence-electron chi connectivity index (χ2n) is 4.62. The SMILES string of the molecule is Cc1cc(C)c(C)c(C=NNc2nc(N)cs2)c1C. The largest absolute Gasteiger partial charge is 0.383 e. The Bertz CT molecular complexity index is 602. The maximum absolute atomic E-state index is 5.56. The van der Waals surface area contributed by atoms with Crippen LogP contribution in [0.4, 0.5) is 10.9 Å². The fourth-order valence-electron chi connectivity index (χ4n) is 1.93. The molecule has 0 amide bonds. The van der Waals surface area contributed by atoms with Crippen molar-refractivity contribution < 1.29 is 0 Å². The zero-order valence-corrected chi connectivity index (χ0v) is 12.4. The maximum Gasteiger partial charge on any atom is 0.205 e. The van der Waals surface area contributed by atoms with Gasteiger partial charge >= 0.3 is 0 Å². The molecule has 0 unspecified atom stereocenters. The topological polar surface area (TPSA) is 63.3 Å². The molecule has 0 radical (unpaired) electrons. The summed E-state index contributed by atoms with van der Waals surface area (Å²) in [6.07, 6.45) is 1.85. The highest BCUT2D eigenvalue weighted by molar-refractivity contribution is 7.14. The predicted molar refractivity (Wildman–Crippen MR) is 83.1 cm³/mol. The van der Waals surface area contributed by atoms with Crippen molar-refractivity contribution in [3.8, 4) is 0 Å². The van der Waals surface area contributed by atoms with Gasteiger partial charge in [0.25, 0.3) is 0 Å². The van der Waals surface area contributed by atoms with Crippen LogP contribution in [0.25, 0.3) is 0 Å². The Morgan fingerprint density at radius 2 is 1.84 bits per heavy atom. The summed E-state index contributed by atoms with van der Waals surface area (Å²) in [5.41, 5.74) is 14.7. The summed E-state index contributed by atoms with van der Waals surface area (Å²) in [7, 11) is 0. The number of nitrogen functional groups attached to an aromatic ring is 1. The number of aromatic nitrogens is 1. The fraction of sp³-hybridized carbons (Fsp3) is 0.286. The van der Waals surface area contributed by atoms with E-state index in [1.54, 1.807) is 5.38 Å². The second-order valence-corrected chi connectivity index (χ2v) is 5.48. The Kier molecular flexibility index (Phi) is 3.85. The number of nitrogens with two attached hydrogens (primary N) is 1. The van der Waals surface area contributed by atoms with Gasteiger partial charge in [0, 0.05) is 10.9 Å². The Morgan fingerprint density at radius 3 is 2.37 bits per heavy atom. The van der Waals surface area contributed by atoms with Gasteiger partial charge in [-0.15, -0.1) is 11.3 Å². The minimum atomic E-state index is 0.515. The van der Waals surface area contributed by atoms with E-state index >= 15 is 0 Å². The molecule has 0 aliphatic rings. The second kappa shape index (κ2) is 5.40. The van der Waals surface area contributed by atoms with Gasteiger partial charge < -0.3 is 5.73 Å². The zero-order valence-electron chi connectivity index (χ0n) is 11.6. The van der Waals surface area contributed by atoms with Gasteiger partial charge in [-0.2, -0.15) is 5.10 Å². The fourth-order valence-corrected chi connectivity index (χ4v) is 2.48. The molecule has 100 valence electrons. The minimum Gasteiger partial charge on any atom is -0.383 e. The average molecular weight is 274 g/mol. The molecule has 0 saturated carbocycles.